The zero-order valence-corrected chi connectivity index (χ0v) is 36.9. The Morgan fingerprint density at radius 1 is 0.662 bits per heavy atom. The van der Waals surface area contributed by atoms with Crippen molar-refractivity contribution in [1.29, 1.82) is 0 Å². The van der Waals surface area contributed by atoms with Crippen molar-refractivity contribution in [2.24, 2.45) is 4.99 Å². The molecule has 0 bridgehead atoms. The summed E-state index contributed by atoms with van der Waals surface area (Å²) in [6.45, 7) is -1.08. The first-order valence-electron chi connectivity index (χ1n) is 20.5. The van der Waals surface area contributed by atoms with Crippen molar-refractivity contribution in [1.82, 2.24) is 25.8 Å². The van der Waals surface area contributed by atoms with Crippen LogP contribution in [0.4, 0.5) is 31.4 Å². The fourth-order valence-corrected chi connectivity index (χ4v) is 7.92. The predicted octanol–water partition coefficient (Wildman–Crippen LogP) is 4.97. The lowest BCUT2D eigenvalue weighted by molar-refractivity contribution is -0.385. The van der Waals surface area contributed by atoms with E-state index in [1.165, 1.54) is 82.6 Å². The van der Waals surface area contributed by atoms with Gasteiger partial charge in [-0.1, -0.05) is 12.1 Å². The van der Waals surface area contributed by atoms with Gasteiger partial charge in [0.15, 0.2) is 0 Å². The normalized spacial score (nSPS) is 15.2. The van der Waals surface area contributed by atoms with Gasteiger partial charge in [0.05, 0.1) is 27.9 Å². The number of benzene rings is 4. The molecule has 0 saturated carbocycles. The van der Waals surface area contributed by atoms with E-state index in [9.17, 15) is 54.3 Å². The molecule has 6 rings (SSSR count). The molecule has 2 fully saturated rings. The Labute approximate surface area is 390 Å². The van der Waals surface area contributed by atoms with Gasteiger partial charge in [-0.25, -0.2) is 19.4 Å². The van der Waals surface area contributed by atoms with Gasteiger partial charge in [-0.05, 0) is 77.2 Å². The molecule has 0 radical (unpaired) electrons. The zero-order valence-electron chi connectivity index (χ0n) is 36.0. The number of alkyl carbamates (subject to hydrolysis) is 2. The number of amides is 5. The van der Waals surface area contributed by atoms with Crippen LogP contribution in [0, 0.1) is 30.3 Å². The Kier molecular flexibility index (Phi) is 16.8. The SMILES string of the molecule is COc1ccc(CS[C@H]2C[C@@H](C(=O)N3CC(NC(=O)CN=C(NC(=O)OCc4ccc([N+](=O)[O-])cc4)NC(=O)OCc4ccc([N+](=O)[O-])cc4)C3)N(C(=O)OCc3ccc([N+](=O)[O-])cc3)C2)cc1. The summed E-state index contributed by atoms with van der Waals surface area (Å²) >= 11 is 1.58. The van der Waals surface area contributed by atoms with Crippen LogP contribution in [-0.2, 0) is 49.4 Å². The van der Waals surface area contributed by atoms with E-state index in [2.05, 4.69) is 20.9 Å². The molecule has 68 heavy (non-hydrogen) atoms. The Morgan fingerprint density at radius 3 is 1.57 bits per heavy atom. The van der Waals surface area contributed by atoms with Gasteiger partial charge in [0, 0.05) is 67.0 Å². The Hall–Kier alpha value is -8.35. The van der Waals surface area contributed by atoms with Crippen molar-refractivity contribution in [3.05, 3.63) is 150 Å². The number of carbonyl (C=O) groups excluding carboxylic acids is 5. The molecule has 2 heterocycles. The first-order valence-corrected chi connectivity index (χ1v) is 21.6. The third kappa shape index (κ3) is 14.1. The fraction of sp³-hybridized carbons (Fsp3) is 0.302. The number of hydrogen-bond donors (Lipinski definition) is 3. The van der Waals surface area contributed by atoms with E-state index in [1.807, 2.05) is 24.3 Å². The second-order valence-electron chi connectivity index (χ2n) is 15.1. The number of methoxy groups -OCH3 is 1. The number of non-ortho nitro benzene ring substituents is 3. The summed E-state index contributed by atoms with van der Waals surface area (Å²) in [6.07, 6.45) is -2.65. The topological polar surface area (TPSA) is 307 Å². The number of thioether (sulfide) groups is 1. The summed E-state index contributed by atoms with van der Waals surface area (Å²) in [4.78, 5) is 104. The molecule has 2 aliphatic rings. The molecule has 0 aromatic heterocycles. The molecule has 0 spiro atoms. The number of nitrogens with zero attached hydrogens (tertiary/aromatic N) is 6. The van der Waals surface area contributed by atoms with E-state index in [4.69, 9.17) is 18.9 Å². The molecular formula is C43H43N9O15S. The van der Waals surface area contributed by atoms with Gasteiger partial charge in [0.25, 0.3) is 17.1 Å². The lowest BCUT2D eigenvalue weighted by atomic mass is 10.1. The average molecular weight is 958 g/mol. The quantitative estimate of drug-likeness (QED) is 0.0414. The highest BCUT2D eigenvalue weighted by atomic mass is 32.2. The third-order valence-corrected chi connectivity index (χ3v) is 11.7. The summed E-state index contributed by atoms with van der Waals surface area (Å²) in [6, 6.07) is 22.0. The number of carbonyl (C=O) groups is 5. The van der Waals surface area contributed by atoms with Gasteiger partial charge in [0.2, 0.25) is 17.8 Å². The van der Waals surface area contributed by atoms with Crippen LogP contribution in [0.15, 0.2) is 102 Å². The number of ether oxygens (including phenoxy) is 4. The molecule has 25 heteroatoms. The zero-order chi connectivity index (χ0) is 48.7. The van der Waals surface area contributed by atoms with Crippen molar-refractivity contribution >= 4 is 64.9 Å². The molecule has 0 aliphatic carbocycles. The van der Waals surface area contributed by atoms with Crippen molar-refractivity contribution in [3.8, 4) is 5.75 Å². The molecule has 2 aliphatic heterocycles. The number of likely N-dealkylation sites (tertiary alicyclic amines) is 2. The van der Waals surface area contributed by atoms with Gasteiger partial charge in [0.1, 0.15) is 38.2 Å². The highest BCUT2D eigenvalue weighted by Crippen LogP contribution is 2.33. The number of rotatable bonds is 17. The van der Waals surface area contributed by atoms with Crippen molar-refractivity contribution in [3.63, 3.8) is 0 Å². The van der Waals surface area contributed by atoms with E-state index in [0.29, 0.717) is 34.6 Å². The van der Waals surface area contributed by atoms with Crippen LogP contribution in [0.5, 0.6) is 5.75 Å². The molecule has 4 aromatic rings. The van der Waals surface area contributed by atoms with Gasteiger partial charge in [-0.15, -0.1) is 0 Å². The van der Waals surface area contributed by atoms with Crippen molar-refractivity contribution < 1.29 is 57.7 Å². The Bertz CT molecular complexity index is 2450. The summed E-state index contributed by atoms with van der Waals surface area (Å²) in [5, 5.41) is 40.0. The van der Waals surface area contributed by atoms with Crippen molar-refractivity contribution in [2.45, 2.75) is 49.3 Å². The third-order valence-electron chi connectivity index (χ3n) is 10.4. The number of nitro benzene ring substituents is 3. The van der Waals surface area contributed by atoms with Gasteiger partial charge in [-0.2, -0.15) is 11.8 Å². The van der Waals surface area contributed by atoms with Gasteiger partial charge >= 0.3 is 18.3 Å². The molecule has 3 N–H and O–H groups in total. The standard InChI is InChI=1S/C43H43N9O15S/c1-64-35-16-8-30(9-17-35)26-68-36-18-37(49(22-36)43(57)67-25-29-6-14-34(15-7-29)52(62)63)39(54)48-20-31(21-48)45-38(53)19-44-40(46-41(55)65-23-27-2-10-32(11-3-27)50(58)59)47-42(56)66-24-28-4-12-33(13-5-28)51(60)61/h2-17,31,36-37H,18-26H2,1H3,(H,45,53)(H2,44,46,47,55,56)/t36-,37-/m0/s1. The van der Waals surface area contributed by atoms with Crippen LogP contribution in [0.3, 0.4) is 0 Å². The lowest BCUT2D eigenvalue weighted by Gasteiger charge is -2.41. The van der Waals surface area contributed by atoms with Crippen molar-refractivity contribution in [2.75, 3.05) is 33.3 Å². The molecule has 5 amide bonds. The summed E-state index contributed by atoms with van der Waals surface area (Å²) in [5.41, 5.74) is 1.86. The number of nitro groups is 3. The van der Waals surface area contributed by atoms with E-state index >= 15 is 0 Å². The minimum atomic E-state index is -1.12. The molecule has 4 aromatic carbocycles. The number of aliphatic imine (C=N–C) groups is 1. The largest absolute Gasteiger partial charge is 0.497 e. The maximum Gasteiger partial charge on any atom is 0.414 e. The van der Waals surface area contributed by atoms with Gasteiger partial charge in [-0.3, -0.25) is 55.5 Å². The maximum atomic E-state index is 13.9. The number of hydrogen-bond acceptors (Lipinski definition) is 17. The Morgan fingerprint density at radius 2 is 1.12 bits per heavy atom. The average Bonchev–Trinajstić information content (AvgIpc) is 3.76. The van der Waals surface area contributed by atoms with Crippen LogP contribution in [-0.4, -0.2) is 111 Å². The molecule has 0 unspecified atom stereocenters. The maximum absolute atomic E-state index is 13.9. The second-order valence-corrected chi connectivity index (χ2v) is 16.4. The molecule has 24 nitrogen and oxygen atoms in total. The van der Waals surface area contributed by atoms with E-state index in [-0.39, 0.29) is 67.7 Å². The van der Waals surface area contributed by atoms with E-state index in [1.54, 1.807) is 18.9 Å². The van der Waals surface area contributed by atoms with Crippen LogP contribution < -0.4 is 20.7 Å². The molecule has 356 valence electrons. The number of guanidine groups is 1. The minimum Gasteiger partial charge on any atom is -0.497 e. The molecule has 2 saturated heterocycles. The fourth-order valence-electron chi connectivity index (χ4n) is 6.72. The summed E-state index contributed by atoms with van der Waals surface area (Å²) < 4.78 is 21.1. The first kappa shape index (κ1) is 49.1. The minimum absolute atomic E-state index is 0.0907. The highest BCUT2D eigenvalue weighted by molar-refractivity contribution is 7.99. The van der Waals surface area contributed by atoms with E-state index < -0.39 is 63.5 Å². The van der Waals surface area contributed by atoms with Crippen LogP contribution in [0.1, 0.15) is 28.7 Å². The van der Waals surface area contributed by atoms with Crippen LogP contribution >= 0.6 is 11.8 Å². The van der Waals surface area contributed by atoms with Crippen LogP contribution in [0.2, 0.25) is 0 Å². The summed E-state index contributed by atoms with van der Waals surface area (Å²) in [5.74, 6) is -0.260. The number of nitrogens with one attached hydrogen (secondary N) is 3. The first-order chi connectivity index (χ1) is 32.6. The molecule has 2 atom stereocenters. The lowest BCUT2D eigenvalue weighted by Crippen LogP contribution is -2.64. The summed E-state index contributed by atoms with van der Waals surface area (Å²) in [7, 11) is 1.57. The Balaban J connectivity index is 1.04. The smallest absolute Gasteiger partial charge is 0.414 e. The predicted molar refractivity (Wildman–Crippen MR) is 240 cm³/mol. The van der Waals surface area contributed by atoms with E-state index in [0.717, 1.165) is 5.56 Å². The van der Waals surface area contributed by atoms with Crippen LogP contribution in [0.25, 0.3) is 0 Å². The monoisotopic (exact) mass is 957 g/mol. The van der Waals surface area contributed by atoms with Gasteiger partial charge < -0.3 is 29.2 Å². The second kappa shape index (κ2) is 23.2. The highest BCUT2D eigenvalue weighted by Gasteiger charge is 2.45. The molecular weight excluding hydrogens is 915 g/mol.